The molecule has 0 aromatic heterocycles. The van der Waals surface area contributed by atoms with Gasteiger partial charge >= 0.3 is 0 Å². The van der Waals surface area contributed by atoms with E-state index in [2.05, 4.69) is 5.32 Å². The lowest BCUT2D eigenvalue weighted by atomic mass is 9.84. The Balaban J connectivity index is 2.37. The largest absolute Gasteiger partial charge is 0.305 e. The fraction of sp³-hybridized carbons (Fsp3) is 0.500. The maximum absolute atomic E-state index is 13.7. The van der Waals surface area contributed by atoms with E-state index in [4.69, 9.17) is 0 Å². The van der Waals surface area contributed by atoms with E-state index in [1.54, 1.807) is 0 Å². The molecule has 1 saturated heterocycles. The number of carbonyl (C=O) groups excluding carboxylic acids is 1. The van der Waals surface area contributed by atoms with Crippen molar-refractivity contribution in [3.63, 3.8) is 0 Å². The van der Waals surface area contributed by atoms with Gasteiger partial charge in [-0.3, -0.25) is 4.79 Å². The molecule has 0 aliphatic carbocycles. The van der Waals surface area contributed by atoms with Crippen molar-refractivity contribution in [2.45, 2.75) is 38.1 Å². The second-order valence-electron chi connectivity index (χ2n) is 4.79. The molecule has 0 saturated carbocycles. The number of ketones is 1. The normalized spacial score (nSPS) is 23.3. The maximum Gasteiger partial charge on any atom is 0.185 e. The molecule has 2 nitrogen and oxygen atoms in total. The lowest BCUT2D eigenvalue weighted by Gasteiger charge is -2.27. The van der Waals surface area contributed by atoms with Crippen LogP contribution in [0, 0.1) is 11.6 Å². The Hall–Kier alpha value is -1.29. The van der Waals surface area contributed by atoms with Gasteiger partial charge in [-0.15, -0.1) is 0 Å². The standard InChI is InChI=1S/C14H17F2NO/c1-2-7-14(8-4-9-17-14)13(18)10-5-3-6-11(15)12(10)16/h3,5-6,17H,2,4,7-9H2,1H3. The third-order valence-corrected chi connectivity index (χ3v) is 3.55. The summed E-state index contributed by atoms with van der Waals surface area (Å²) in [4.78, 5) is 12.5. The van der Waals surface area contributed by atoms with Crippen LogP contribution < -0.4 is 5.32 Å². The first kappa shape index (κ1) is 13.1. The van der Waals surface area contributed by atoms with Crippen molar-refractivity contribution in [2.75, 3.05) is 6.54 Å². The predicted molar refractivity (Wildman–Crippen MR) is 65.6 cm³/mol. The van der Waals surface area contributed by atoms with Crippen molar-refractivity contribution in [3.05, 3.63) is 35.4 Å². The topological polar surface area (TPSA) is 29.1 Å². The second-order valence-corrected chi connectivity index (χ2v) is 4.79. The first-order chi connectivity index (χ1) is 8.60. The quantitative estimate of drug-likeness (QED) is 0.835. The van der Waals surface area contributed by atoms with Crippen molar-refractivity contribution < 1.29 is 13.6 Å². The van der Waals surface area contributed by atoms with E-state index in [9.17, 15) is 13.6 Å². The van der Waals surface area contributed by atoms with Gasteiger partial charge in [0, 0.05) is 0 Å². The van der Waals surface area contributed by atoms with Crippen LogP contribution in [0.1, 0.15) is 43.0 Å². The summed E-state index contributed by atoms with van der Waals surface area (Å²) in [5.74, 6) is -2.32. The molecule has 1 heterocycles. The second kappa shape index (κ2) is 5.14. The van der Waals surface area contributed by atoms with Gasteiger partial charge in [0.2, 0.25) is 0 Å². The van der Waals surface area contributed by atoms with Crippen LogP contribution in [0.5, 0.6) is 0 Å². The van der Waals surface area contributed by atoms with E-state index >= 15 is 0 Å². The first-order valence-corrected chi connectivity index (χ1v) is 6.34. The lowest BCUT2D eigenvalue weighted by molar-refractivity contribution is 0.0852. The zero-order valence-electron chi connectivity index (χ0n) is 10.4. The molecule has 1 unspecified atom stereocenters. The van der Waals surface area contributed by atoms with Gasteiger partial charge in [0.25, 0.3) is 0 Å². The van der Waals surface area contributed by atoms with Crippen molar-refractivity contribution in [1.82, 2.24) is 5.32 Å². The lowest BCUT2D eigenvalue weighted by Crippen LogP contribution is -2.47. The minimum atomic E-state index is -1.04. The van der Waals surface area contributed by atoms with Gasteiger partial charge < -0.3 is 5.32 Å². The van der Waals surface area contributed by atoms with E-state index in [-0.39, 0.29) is 11.3 Å². The van der Waals surface area contributed by atoms with Crippen LogP contribution in [0.25, 0.3) is 0 Å². The molecule has 98 valence electrons. The van der Waals surface area contributed by atoms with E-state index in [1.165, 1.54) is 12.1 Å². The van der Waals surface area contributed by atoms with Crippen LogP contribution in [-0.4, -0.2) is 17.9 Å². The Labute approximate surface area is 105 Å². The third-order valence-electron chi connectivity index (χ3n) is 3.55. The smallest absolute Gasteiger partial charge is 0.185 e. The van der Waals surface area contributed by atoms with Gasteiger partial charge in [-0.25, -0.2) is 8.78 Å². The number of nitrogens with one attached hydrogen (secondary N) is 1. The summed E-state index contributed by atoms with van der Waals surface area (Å²) in [5, 5.41) is 3.18. The van der Waals surface area contributed by atoms with E-state index < -0.39 is 17.2 Å². The average Bonchev–Trinajstić information content (AvgIpc) is 2.82. The highest BCUT2D eigenvalue weighted by Crippen LogP contribution is 2.30. The molecule has 0 radical (unpaired) electrons. The molecule has 0 spiro atoms. The summed E-state index contributed by atoms with van der Waals surface area (Å²) >= 11 is 0. The molecule has 1 atom stereocenters. The van der Waals surface area contributed by atoms with E-state index in [0.29, 0.717) is 12.8 Å². The monoisotopic (exact) mass is 253 g/mol. The number of hydrogen-bond donors (Lipinski definition) is 1. The van der Waals surface area contributed by atoms with Crippen molar-refractivity contribution in [3.8, 4) is 0 Å². The van der Waals surface area contributed by atoms with Gasteiger partial charge in [0.1, 0.15) is 0 Å². The molecule has 1 aromatic carbocycles. The van der Waals surface area contributed by atoms with Crippen LogP contribution in [0.2, 0.25) is 0 Å². The number of hydrogen-bond acceptors (Lipinski definition) is 2. The molecule has 0 amide bonds. The molecule has 2 rings (SSSR count). The molecule has 1 N–H and O–H groups in total. The zero-order chi connectivity index (χ0) is 13.2. The van der Waals surface area contributed by atoms with Gasteiger partial charge in [-0.2, -0.15) is 0 Å². The highest BCUT2D eigenvalue weighted by atomic mass is 19.2. The van der Waals surface area contributed by atoms with Gasteiger partial charge in [-0.1, -0.05) is 19.4 Å². The third kappa shape index (κ3) is 2.17. The van der Waals surface area contributed by atoms with Gasteiger partial charge in [0.05, 0.1) is 11.1 Å². The van der Waals surface area contributed by atoms with E-state index in [0.717, 1.165) is 25.5 Å². The van der Waals surface area contributed by atoms with Crippen LogP contribution in [0.3, 0.4) is 0 Å². The number of carbonyl (C=O) groups is 1. The molecular weight excluding hydrogens is 236 g/mol. The SMILES string of the molecule is CCCC1(C(=O)c2cccc(F)c2F)CCCN1. The van der Waals surface area contributed by atoms with Gasteiger partial charge in [-0.05, 0) is 37.9 Å². The Morgan fingerprint density at radius 1 is 1.44 bits per heavy atom. The summed E-state index contributed by atoms with van der Waals surface area (Å²) < 4.78 is 26.9. The number of halogens is 2. The predicted octanol–water partition coefficient (Wildman–Crippen LogP) is 3.07. The summed E-state index contributed by atoms with van der Waals surface area (Å²) in [6.45, 7) is 2.74. The molecule has 1 aromatic rings. The Kier molecular flexibility index (Phi) is 3.76. The Bertz CT molecular complexity index is 453. The number of benzene rings is 1. The van der Waals surface area contributed by atoms with Crippen molar-refractivity contribution >= 4 is 5.78 Å². The molecular formula is C14H17F2NO. The van der Waals surface area contributed by atoms with Gasteiger partial charge in [0.15, 0.2) is 17.4 Å². The molecule has 1 aliphatic heterocycles. The zero-order valence-corrected chi connectivity index (χ0v) is 10.4. The van der Waals surface area contributed by atoms with Crippen LogP contribution >= 0.6 is 0 Å². The molecule has 4 heteroatoms. The first-order valence-electron chi connectivity index (χ1n) is 6.34. The van der Waals surface area contributed by atoms with Crippen LogP contribution in [0.4, 0.5) is 8.78 Å². The molecule has 1 fully saturated rings. The molecule has 0 bridgehead atoms. The summed E-state index contributed by atoms with van der Waals surface area (Å²) in [5.41, 5.74) is -0.846. The fourth-order valence-electron chi connectivity index (χ4n) is 2.69. The Morgan fingerprint density at radius 2 is 2.22 bits per heavy atom. The van der Waals surface area contributed by atoms with Crippen LogP contribution in [-0.2, 0) is 0 Å². The Morgan fingerprint density at radius 3 is 2.83 bits per heavy atom. The highest BCUT2D eigenvalue weighted by molar-refractivity contribution is 6.03. The van der Waals surface area contributed by atoms with Crippen molar-refractivity contribution in [1.29, 1.82) is 0 Å². The molecule has 18 heavy (non-hydrogen) atoms. The summed E-state index contributed by atoms with van der Waals surface area (Å²) in [6.07, 6.45) is 3.07. The average molecular weight is 253 g/mol. The summed E-state index contributed by atoms with van der Waals surface area (Å²) in [6, 6.07) is 3.76. The van der Waals surface area contributed by atoms with Crippen LogP contribution in [0.15, 0.2) is 18.2 Å². The van der Waals surface area contributed by atoms with E-state index in [1.807, 2.05) is 6.92 Å². The highest BCUT2D eigenvalue weighted by Gasteiger charge is 2.41. The fourth-order valence-corrected chi connectivity index (χ4v) is 2.69. The minimum absolute atomic E-state index is 0.141. The molecule has 1 aliphatic rings. The van der Waals surface area contributed by atoms with Crippen molar-refractivity contribution in [2.24, 2.45) is 0 Å². The number of Topliss-reactive ketones (excluding diaryl/α,β-unsaturated/α-hetero) is 1. The minimum Gasteiger partial charge on any atom is -0.305 e. The maximum atomic E-state index is 13.7. The number of rotatable bonds is 4. The summed E-state index contributed by atoms with van der Waals surface area (Å²) in [7, 11) is 0.